The summed E-state index contributed by atoms with van der Waals surface area (Å²) in [4.78, 5) is 39.7. The Labute approximate surface area is 195 Å². The van der Waals surface area contributed by atoms with Crippen LogP contribution in [0.4, 0.5) is 11.4 Å². The number of anilines is 2. The lowest BCUT2D eigenvalue weighted by molar-refractivity contribution is -0.116. The maximum absolute atomic E-state index is 12.9. The van der Waals surface area contributed by atoms with E-state index >= 15 is 0 Å². The summed E-state index contributed by atoms with van der Waals surface area (Å²) in [5.74, 6) is 0.427. The highest BCUT2D eigenvalue weighted by atomic mass is 32.1. The summed E-state index contributed by atoms with van der Waals surface area (Å²) in [7, 11) is 0. The number of hydrogen-bond donors (Lipinski definition) is 2. The molecule has 0 aliphatic carbocycles. The van der Waals surface area contributed by atoms with Crippen molar-refractivity contribution >= 4 is 40.4 Å². The molecule has 1 aliphatic rings. The number of thiophene rings is 1. The van der Waals surface area contributed by atoms with Crippen LogP contribution < -0.4 is 20.1 Å². The van der Waals surface area contributed by atoms with Crippen molar-refractivity contribution in [3.05, 3.63) is 70.4 Å². The number of ether oxygens (including phenoxy) is 2. The van der Waals surface area contributed by atoms with E-state index in [0.29, 0.717) is 53.1 Å². The highest BCUT2D eigenvalue weighted by Crippen LogP contribution is 2.32. The van der Waals surface area contributed by atoms with Gasteiger partial charge in [0.25, 0.3) is 11.8 Å². The molecular weight excluding hydrogens is 442 g/mol. The molecular formula is C24H23N3O5S. The highest BCUT2D eigenvalue weighted by Gasteiger charge is 2.19. The van der Waals surface area contributed by atoms with Gasteiger partial charge in [-0.3, -0.25) is 14.4 Å². The fourth-order valence-corrected chi connectivity index (χ4v) is 3.92. The Bertz CT molecular complexity index is 1150. The first-order valence-electron chi connectivity index (χ1n) is 10.5. The van der Waals surface area contributed by atoms with Gasteiger partial charge in [-0.05, 0) is 54.8 Å². The van der Waals surface area contributed by atoms with Crippen LogP contribution in [0.15, 0.2) is 60.0 Å². The van der Waals surface area contributed by atoms with Crippen LogP contribution in [0.3, 0.4) is 0 Å². The Morgan fingerprint density at radius 3 is 2.36 bits per heavy atom. The second-order valence-electron chi connectivity index (χ2n) is 7.23. The second kappa shape index (κ2) is 10.2. The van der Waals surface area contributed by atoms with E-state index in [0.717, 1.165) is 0 Å². The Morgan fingerprint density at radius 2 is 1.67 bits per heavy atom. The van der Waals surface area contributed by atoms with Crippen molar-refractivity contribution in [1.82, 2.24) is 4.90 Å². The number of hydrogen-bond acceptors (Lipinski definition) is 6. The first-order chi connectivity index (χ1) is 16.0. The summed E-state index contributed by atoms with van der Waals surface area (Å²) in [5.41, 5.74) is 1.58. The van der Waals surface area contributed by atoms with E-state index in [-0.39, 0.29) is 24.3 Å². The predicted molar refractivity (Wildman–Crippen MR) is 126 cm³/mol. The quantitative estimate of drug-likeness (QED) is 0.552. The Kier molecular flexibility index (Phi) is 6.89. The molecule has 9 heteroatoms. The molecule has 3 aromatic rings. The van der Waals surface area contributed by atoms with E-state index in [1.165, 1.54) is 16.2 Å². The van der Waals surface area contributed by atoms with Gasteiger partial charge in [0.2, 0.25) is 5.91 Å². The SMILES string of the molecule is CCN(CC(=O)Nc1ccc2c(c1)OCCO2)C(=O)c1ccc(NC(=O)c2cccs2)cc1. The largest absolute Gasteiger partial charge is 0.486 e. The molecule has 4 rings (SSSR count). The standard InChI is InChI=1S/C24H23N3O5S/c1-2-27(15-22(28)25-18-9-10-19-20(14-18)32-12-11-31-19)24(30)16-5-7-17(8-6-16)26-23(29)21-4-3-13-33-21/h3-10,13-14H,2,11-12,15H2,1H3,(H,25,28)(H,26,29). The zero-order valence-electron chi connectivity index (χ0n) is 18.0. The third-order valence-electron chi connectivity index (χ3n) is 4.96. The Hall–Kier alpha value is -3.85. The fraction of sp³-hybridized carbons (Fsp3) is 0.208. The highest BCUT2D eigenvalue weighted by molar-refractivity contribution is 7.12. The Morgan fingerprint density at radius 1 is 0.939 bits per heavy atom. The number of carbonyl (C=O) groups excluding carboxylic acids is 3. The van der Waals surface area contributed by atoms with Crippen molar-refractivity contribution in [2.24, 2.45) is 0 Å². The summed E-state index contributed by atoms with van der Waals surface area (Å²) in [5, 5.41) is 7.42. The molecule has 170 valence electrons. The lowest BCUT2D eigenvalue weighted by atomic mass is 10.1. The van der Waals surface area contributed by atoms with Gasteiger partial charge < -0.3 is 25.0 Å². The normalized spacial score (nSPS) is 12.0. The van der Waals surface area contributed by atoms with Crippen LogP contribution in [0.25, 0.3) is 0 Å². The van der Waals surface area contributed by atoms with Crippen molar-refractivity contribution in [2.75, 3.05) is 36.9 Å². The van der Waals surface area contributed by atoms with Gasteiger partial charge >= 0.3 is 0 Å². The Balaban J connectivity index is 1.35. The number of nitrogens with zero attached hydrogens (tertiary/aromatic N) is 1. The minimum absolute atomic E-state index is 0.0966. The first kappa shape index (κ1) is 22.3. The number of likely N-dealkylation sites (N-methyl/N-ethyl adjacent to an activating group) is 1. The fourth-order valence-electron chi connectivity index (χ4n) is 3.30. The number of carbonyl (C=O) groups is 3. The van der Waals surface area contributed by atoms with Crippen molar-refractivity contribution in [1.29, 1.82) is 0 Å². The summed E-state index contributed by atoms with van der Waals surface area (Å²) < 4.78 is 11.0. The topological polar surface area (TPSA) is 97.0 Å². The number of benzene rings is 2. The minimum Gasteiger partial charge on any atom is -0.486 e. The van der Waals surface area contributed by atoms with Crippen molar-refractivity contribution in [3.63, 3.8) is 0 Å². The van der Waals surface area contributed by atoms with Gasteiger partial charge in [0.15, 0.2) is 11.5 Å². The maximum Gasteiger partial charge on any atom is 0.265 e. The number of amides is 3. The average Bonchev–Trinajstić information content (AvgIpc) is 3.38. The molecule has 0 radical (unpaired) electrons. The monoisotopic (exact) mass is 465 g/mol. The van der Waals surface area contributed by atoms with Gasteiger partial charge in [-0.1, -0.05) is 6.07 Å². The summed E-state index contributed by atoms with van der Waals surface area (Å²) in [6, 6.07) is 15.3. The lowest BCUT2D eigenvalue weighted by Crippen LogP contribution is -2.37. The summed E-state index contributed by atoms with van der Waals surface area (Å²) in [6.07, 6.45) is 0. The molecule has 0 atom stereocenters. The third-order valence-corrected chi connectivity index (χ3v) is 5.83. The van der Waals surface area contributed by atoms with Crippen molar-refractivity contribution in [2.45, 2.75) is 6.92 Å². The van der Waals surface area contributed by atoms with Gasteiger partial charge in [-0.2, -0.15) is 0 Å². The van der Waals surface area contributed by atoms with Crippen molar-refractivity contribution < 1.29 is 23.9 Å². The third kappa shape index (κ3) is 5.50. The van der Waals surface area contributed by atoms with Crippen LogP contribution in [0.2, 0.25) is 0 Å². The number of rotatable bonds is 7. The van der Waals surface area contributed by atoms with E-state index in [1.807, 2.05) is 18.4 Å². The van der Waals surface area contributed by atoms with Gasteiger partial charge in [-0.25, -0.2) is 0 Å². The van der Waals surface area contributed by atoms with Gasteiger partial charge in [0, 0.05) is 29.5 Å². The van der Waals surface area contributed by atoms with E-state index in [1.54, 1.807) is 48.5 Å². The van der Waals surface area contributed by atoms with Gasteiger partial charge in [0.05, 0.1) is 4.88 Å². The molecule has 3 amide bonds. The molecule has 0 spiro atoms. The molecule has 8 nitrogen and oxygen atoms in total. The molecule has 2 N–H and O–H groups in total. The molecule has 0 saturated heterocycles. The molecule has 0 fully saturated rings. The van der Waals surface area contributed by atoms with E-state index in [2.05, 4.69) is 10.6 Å². The minimum atomic E-state index is -0.318. The maximum atomic E-state index is 12.9. The summed E-state index contributed by atoms with van der Waals surface area (Å²) >= 11 is 1.35. The van der Waals surface area contributed by atoms with Gasteiger partial charge in [0.1, 0.15) is 19.8 Å². The number of fused-ring (bicyclic) bond motifs is 1. The van der Waals surface area contributed by atoms with E-state index in [9.17, 15) is 14.4 Å². The van der Waals surface area contributed by atoms with Crippen LogP contribution in [0, 0.1) is 0 Å². The van der Waals surface area contributed by atoms with Gasteiger partial charge in [-0.15, -0.1) is 11.3 Å². The molecule has 33 heavy (non-hydrogen) atoms. The number of nitrogens with one attached hydrogen (secondary N) is 2. The van der Waals surface area contributed by atoms with E-state index in [4.69, 9.17) is 9.47 Å². The molecule has 0 saturated carbocycles. The molecule has 0 unspecified atom stereocenters. The zero-order valence-corrected chi connectivity index (χ0v) is 18.8. The van der Waals surface area contributed by atoms with Crippen LogP contribution in [-0.4, -0.2) is 48.9 Å². The van der Waals surface area contributed by atoms with Crippen LogP contribution in [0.1, 0.15) is 27.0 Å². The summed E-state index contributed by atoms with van der Waals surface area (Å²) in [6.45, 7) is 3.03. The first-order valence-corrected chi connectivity index (χ1v) is 11.3. The van der Waals surface area contributed by atoms with Crippen LogP contribution in [-0.2, 0) is 4.79 Å². The molecule has 0 bridgehead atoms. The second-order valence-corrected chi connectivity index (χ2v) is 8.18. The smallest absolute Gasteiger partial charge is 0.265 e. The molecule has 1 aliphatic heterocycles. The lowest BCUT2D eigenvalue weighted by Gasteiger charge is -2.21. The van der Waals surface area contributed by atoms with Crippen LogP contribution >= 0.6 is 11.3 Å². The average molecular weight is 466 g/mol. The van der Waals surface area contributed by atoms with Crippen molar-refractivity contribution in [3.8, 4) is 11.5 Å². The molecule has 2 aromatic carbocycles. The zero-order chi connectivity index (χ0) is 23.2. The predicted octanol–water partition coefficient (Wildman–Crippen LogP) is 3.87. The van der Waals surface area contributed by atoms with E-state index < -0.39 is 0 Å². The molecule has 2 heterocycles. The molecule has 1 aromatic heterocycles. The van der Waals surface area contributed by atoms with Crippen LogP contribution in [0.5, 0.6) is 11.5 Å².